The largest absolute Gasteiger partial charge is 0.394 e. The lowest BCUT2D eigenvalue weighted by molar-refractivity contribution is -0.159. The molecule has 0 amide bonds. The van der Waals surface area contributed by atoms with Crippen molar-refractivity contribution in [3.05, 3.63) is 0 Å². The molecular weight excluding hydrogens is 212 g/mol. The monoisotopic (exact) mass is 226 g/mol. The van der Waals surface area contributed by atoms with Gasteiger partial charge < -0.3 is 20.1 Å². The van der Waals surface area contributed by atoms with Gasteiger partial charge in [0.05, 0.1) is 19.8 Å². The summed E-state index contributed by atoms with van der Waals surface area (Å²) in [7, 11) is 1.25. The smallest absolute Gasteiger partial charge is 0.185 e. The number of hydrogen-bond acceptors (Lipinski definition) is 6. The number of aliphatic hydroxyl groups is 3. The van der Waals surface area contributed by atoms with E-state index in [1.165, 1.54) is 7.11 Å². The second-order valence-electron chi connectivity index (χ2n) is 3.01. The molecule has 1 aliphatic rings. The molecule has 0 bridgehead atoms. The first-order chi connectivity index (χ1) is 6.60. The van der Waals surface area contributed by atoms with Gasteiger partial charge in [0.1, 0.15) is 12.2 Å². The Morgan fingerprint density at radius 2 is 2.21 bits per heavy atom. The number of aliphatic hydroxyl groups excluding tert-OH is 3. The minimum Gasteiger partial charge on any atom is -0.394 e. The van der Waals surface area contributed by atoms with Crippen molar-refractivity contribution in [3.8, 4) is 0 Å². The fourth-order valence-corrected chi connectivity index (χ4v) is 2.10. The van der Waals surface area contributed by atoms with Crippen molar-refractivity contribution in [3.63, 3.8) is 0 Å². The van der Waals surface area contributed by atoms with Crippen LogP contribution in [0.2, 0.25) is 0 Å². The summed E-state index contributed by atoms with van der Waals surface area (Å²) in [5.74, 6) is 0. The highest BCUT2D eigenvalue weighted by Gasteiger charge is 2.39. The van der Waals surface area contributed by atoms with Crippen LogP contribution in [0.1, 0.15) is 6.42 Å². The van der Waals surface area contributed by atoms with Crippen LogP contribution in [0.15, 0.2) is 0 Å². The van der Waals surface area contributed by atoms with Gasteiger partial charge in [-0.3, -0.25) is 4.18 Å². The van der Waals surface area contributed by atoms with Crippen molar-refractivity contribution < 1.29 is 28.4 Å². The summed E-state index contributed by atoms with van der Waals surface area (Å²) in [5.41, 5.74) is -0.810. The van der Waals surface area contributed by atoms with Crippen molar-refractivity contribution in [1.29, 1.82) is 0 Å². The first-order valence-electron chi connectivity index (χ1n) is 4.17. The number of rotatable bonds is 3. The minimum absolute atomic E-state index is 0.0259. The van der Waals surface area contributed by atoms with E-state index >= 15 is 0 Å². The molecule has 0 aliphatic carbocycles. The van der Waals surface area contributed by atoms with Crippen molar-refractivity contribution >= 4 is 11.1 Å². The highest BCUT2D eigenvalue weighted by atomic mass is 32.2. The molecule has 0 radical (unpaired) electrons. The van der Waals surface area contributed by atoms with Gasteiger partial charge in [0.25, 0.3) is 0 Å². The van der Waals surface area contributed by atoms with Gasteiger partial charge in [-0.25, -0.2) is 4.21 Å². The molecule has 1 rings (SSSR count). The maximum atomic E-state index is 11.2. The fraction of sp³-hybridized carbons (Fsp3) is 1.00. The zero-order valence-corrected chi connectivity index (χ0v) is 8.51. The quantitative estimate of drug-likeness (QED) is 0.521. The number of ether oxygens (including phenoxy) is 1. The topological polar surface area (TPSA) is 96.2 Å². The lowest BCUT2D eigenvalue weighted by Gasteiger charge is -2.35. The molecule has 0 spiro atoms. The summed E-state index contributed by atoms with van der Waals surface area (Å²) in [5, 5.41) is 27.5. The normalized spacial score (nSPS) is 40.9. The van der Waals surface area contributed by atoms with Gasteiger partial charge in [0.15, 0.2) is 16.5 Å². The van der Waals surface area contributed by atoms with Crippen LogP contribution < -0.4 is 0 Å². The summed E-state index contributed by atoms with van der Waals surface area (Å²) < 4.78 is 20.8. The molecule has 6 nitrogen and oxygen atoms in total. The van der Waals surface area contributed by atoms with Gasteiger partial charge in [-0.05, 0) is 0 Å². The SMILES string of the molecule is COS(=O)C1C[C@@H](O)[C@H](O)[C@@H](CO)O1. The Kier molecular flexibility index (Phi) is 4.42. The van der Waals surface area contributed by atoms with E-state index in [1.54, 1.807) is 0 Å². The molecule has 1 aliphatic heterocycles. The molecule has 0 aromatic rings. The van der Waals surface area contributed by atoms with E-state index in [4.69, 9.17) is 9.84 Å². The van der Waals surface area contributed by atoms with Gasteiger partial charge in [0, 0.05) is 6.42 Å². The van der Waals surface area contributed by atoms with Crippen LogP contribution in [0.25, 0.3) is 0 Å². The van der Waals surface area contributed by atoms with Crippen LogP contribution in [0.4, 0.5) is 0 Å². The van der Waals surface area contributed by atoms with Crippen LogP contribution >= 0.6 is 0 Å². The van der Waals surface area contributed by atoms with Gasteiger partial charge in [-0.2, -0.15) is 0 Å². The lowest BCUT2D eigenvalue weighted by Crippen LogP contribution is -2.50. The van der Waals surface area contributed by atoms with Crippen LogP contribution in [0.5, 0.6) is 0 Å². The summed E-state index contributed by atoms with van der Waals surface area (Å²) in [6.07, 6.45) is -3.09. The number of hydrogen-bond donors (Lipinski definition) is 3. The molecule has 5 atom stereocenters. The van der Waals surface area contributed by atoms with E-state index in [0.29, 0.717) is 0 Å². The Labute approximate surface area is 84.1 Å². The summed E-state index contributed by atoms with van der Waals surface area (Å²) in [4.78, 5) is 0. The molecule has 0 aromatic carbocycles. The van der Waals surface area contributed by atoms with Crippen molar-refractivity contribution in [2.24, 2.45) is 0 Å². The molecular formula is C7H14O6S. The van der Waals surface area contributed by atoms with E-state index in [1.807, 2.05) is 0 Å². The van der Waals surface area contributed by atoms with Gasteiger partial charge >= 0.3 is 0 Å². The first kappa shape index (κ1) is 12.0. The Balaban J connectivity index is 2.62. The minimum atomic E-state index is -1.68. The van der Waals surface area contributed by atoms with Gasteiger partial charge in [-0.1, -0.05) is 0 Å². The molecule has 84 valence electrons. The summed E-state index contributed by atoms with van der Waals surface area (Å²) in [6.45, 7) is -0.435. The molecule has 0 saturated carbocycles. The Hall–Kier alpha value is -0.0500. The standard InChI is InChI=1S/C7H14O6S/c1-12-14(11)6-2-4(9)7(10)5(3-8)13-6/h4-10H,2-3H2,1H3/t4-,5-,6?,7+,14?/m1/s1. The second-order valence-corrected chi connectivity index (χ2v) is 4.39. The third kappa shape index (κ3) is 2.50. The predicted octanol–water partition coefficient (Wildman–Crippen LogP) is -1.87. The van der Waals surface area contributed by atoms with Crippen molar-refractivity contribution in [2.45, 2.75) is 30.2 Å². The Morgan fingerprint density at radius 1 is 1.57 bits per heavy atom. The van der Waals surface area contributed by atoms with Crippen molar-refractivity contribution in [1.82, 2.24) is 0 Å². The Morgan fingerprint density at radius 3 is 2.71 bits per heavy atom. The predicted molar refractivity (Wildman–Crippen MR) is 47.5 cm³/mol. The average molecular weight is 226 g/mol. The lowest BCUT2D eigenvalue weighted by atomic mass is 10.0. The van der Waals surface area contributed by atoms with Gasteiger partial charge in [-0.15, -0.1) is 0 Å². The zero-order valence-electron chi connectivity index (χ0n) is 7.70. The van der Waals surface area contributed by atoms with Crippen LogP contribution in [0, 0.1) is 0 Å². The summed E-state index contributed by atoms with van der Waals surface area (Å²) >= 11 is -1.68. The van der Waals surface area contributed by atoms with E-state index in [9.17, 15) is 14.4 Å². The molecule has 1 saturated heterocycles. The van der Waals surface area contributed by atoms with Gasteiger partial charge in [0.2, 0.25) is 0 Å². The molecule has 14 heavy (non-hydrogen) atoms. The van der Waals surface area contributed by atoms with Crippen molar-refractivity contribution in [2.75, 3.05) is 13.7 Å². The first-order valence-corrected chi connectivity index (χ1v) is 5.31. The molecule has 0 aromatic heterocycles. The molecule has 1 fully saturated rings. The van der Waals surface area contributed by atoms with Crippen LogP contribution in [-0.4, -0.2) is 57.0 Å². The molecule has 1 heterocycles. The molecule has 7 heteroatoms. The van der Waals surface area contributed by atoms with E-state index < -0.39 is 41.4 Å². The molecule has 3 N–H and O–H groups in total. The average Bonchev–Trinajstić information content (AvgIpc) is 2.20. The highest BCUT2D eigenvalue weighted by molar-refractivity contribution is 7.80. The maximum absolute atomic E-state index is 11.2. The highest BCUT2D eigenvalue weighted by Crippen LogP contribution is 2.22. The second kappa shape index (κ2) is 5.15. The third-order valence-corrected chi connectivity index (χ3v) is 3.16. The molecule has 2 unspecified atom stereocenters. The van der Waals surface area contributed by atoms with Crippen LogP contribution in [-0.2, 0) is 20.0 Å². The summed E-state index contributed by atoms with van der Waals surface area (Å²) in [6, 6.07) is 0. The Bertz CT molecular complexity index is 210. The van der Waals surface area contributed by atoms with E-state index in [-0.39, 0.29) is 6.42 Å². The zero-order chi connectivity index (χ0) is 10.7. The van der Waals surface area contributed by atoms with Crippen LogP contribution in [0.3, 0.4) is 0 Å². The maximum Gasteiger partial charge on any atom is 0.185 e. The third-order valence-electron chi connectivity index (χ3n) is 2.09. The van der Waals surface area contributed by atoms with E-state index in [0.717, 1.165) is 0 Å². The van der Waals surface area contributed by atoms with E-state index in [2.05, 4.69) is 4.18 Å². The fourth-order valence-electron chi connectivity index (χ4n) is 1.30.